The Hall–Kier alpha value is -6.77. The van der Waals surface area contributed by atoms with Crippen LogP contribution in [0.3, 0.4) is 0 Å². The van der Waals surface area contributed by atoms with Gasteiger partial charge in [0.05, 0.1) is 6.61 Å². The highest BCUT2D eigenvalue weighted by molar-refractivity contribution is 5.65. The molecule has 0 fully saturated rings. The molecule has 0 saturated heterocycles. The summed E-state index contributed by atoms with van der Waals surface area (Å²) in [6, 6.07) is 82.1. The average molecular weight is 825 g/mol. The summed E-state index contributed by atoms with van der Waals surface area (Å²) in [5.41, 5.74) is 10.6. The van der Waals surface area contributed by atoms with Gasteiger partial charge in [0.15, 0.2) is 0 Å². The molecular formula is C60H72O2. The molecule has 0 bridgehead atoms. The number of benzene rings is 8. The van der Waals surface area contributed by atoms with Crippen LogP contribution in [-0.4, -0.2) is 12.6 Å². The van der Waals surface area contributed by atoms with Gasteiger partial charge in [0.1, 0.15) is 0 Å². The van der Waals surface area contributed by atoms with Gasteiger partial charge in [0.25, 0.3) is 0 Å². The summed E-state index contributed by atoms with van der Waals surface area (Å²) in [7, 11) is 0. The number of esters is 1. The van der Waals surface area contributed by atoms with Crippen molar-refractivity contribution >= 4 is 5.97 Å². The Morgan fingerprint density at radius 1 is 0.274 bits per heavy atom. The van der Waals surface area contributed by atoms with Gasteiger partial charge in [0, 0.05) is 6.92 Å². The number of aryl methyl sites for hydroxylation is 8. The van der Waals surface area contributed by atoms with Gasteiger partial charge in [-0.3, -0.25) is 4.79 Å². The van der Waals surface area contributed by atoms with E-state index in [9.17, 15) is 4.79 Å². The predicted octanol–water partition coefficient (Wildman–Crippen LogP) is 16.5. The van der Waals surface area contributed by atoms with Crippen LogP contribution in [0.5, 0.6) is 0 Å². The summed E-state index contributed by atoms with van der Waals surface area (Å²) in [6.07, 6.45) is 0. The van der Waals surface area contributed by atoms with Gasteiger partial charge in [-0.25, -0.2) is 0 Å². The molecule has 0 radical (unpaired) electrons. The topological polar surface area (TPSA) is 26.3 Å². The SMILES string of the molecule is CCOC(C)=O.Cc1ccccc1.Cc1ccccc1.Cc1ccccc1.Cc1ccccc1.Cc1ccccc1.Cc1ccccc1.Cc1ccccc1.Cc1ccccc1. The van der Waals surface area contributed by atoms with Crippen LogP contribution < -0.4 is 0 Å². The molecule has 0 aliphatic heterocycles. The van der Waals surface area contributed by atoms with Crippen molar-refractivity contribution in [2.24, 2.45) is 0 Å². The summed E-state index contributed by atoms with van der Waals surface area (Å²) >= 11 is 0. The molecule has 0 saturated carbocycles. The third-order valence-electron chi connectivity index (χ3n) is 7.87. The van der Waals surface area contributed by atoms with Crippen molar-refractivity contribution in [2.75, 3.05) is 6.61 Å². The van der Waals surface area contributed by atoms with E-state index in [0.717, 1.165) is 0 Å². The first-order valence-corrected chi connectivity index (χ1v) is 21.2. The van der Waals surface area contributed by atoms with E-state index in [1.165, 1.54) is 51.4 Å². The number of rotatable bonds is 1. The van der Waals surface area contributed by atoms with E-state index in [0.29, 0.717) is 6.61 Å². The molecule has 8 rings (SSSR count). The average Bonchev–Trinajstić information content (AvgIpc) is 3.28. The second kappa shape index (κ2) is 39.7. The van der Waals surface area contributed by atoms with Crippen molar-refractivity contribution in [1.29, 1.82) is 0 Å². The Balaban J connectivity index is 0.000000676. The van der Waals surface area contributed by atoms with E-state index in [1.807, 2.05) is 146 Å². The smallest absolute Gasteiger partial charge is 0.302 e. The van der Waals surface area contributed by atoms with Crippen LogP contribution in [-0.2, 0) is 9.53 Å². The highest BCUT2D eigenvalue weighted by Gasteiger charge is 1.82. The molecule has 0 atom stereocenters. The summed E-state index contributed by atoms with van der Waals surface area (Å²) in [6.45, 7) is 20.3. The lowest BCUT2D eigenvalue weighted by Gasteiger charge is -1.89. The van der Waals surface area contributed by atoms with Crippen LogP contribution in [0.25, 0.3) is 0 Å². The minimum absolute atomic E-state index is 0.211. The molecule has 0 spiro atoms. The molecule has 2 heteroatoms. The molecule has 0 N–H and O–H groups in total. The molecule has 0 amide bonds. The quantitative estimate of drug-likeness (QED) is 0.154. The lowest BCUT2D eigenvalue weighted by Crippen LogP contribution is -1.95. The van der Waals surface area contributed by atoms with E-state index in [2.05, 4.69) is 157 Å². The fraction of sp³-hybridized carbons (Fsp3) is 0.183. The fourth-order valence-corrected chi connectivity index (χ4v) is 4.48. The van der Waals surface area contributed by atoms with Crippen LogP contribution in [0.1, 0.15) is 58.4 Å². The van der Waals surface area contributed by atoms with Crippen molar-refractivity contribution in [1.82, 2.24) is 0 Å². The molecule has 8 aromatic carbocycles. The lowest BCUT2D eigenvalue weighted by molar-refractivity contribution is -0.140. The molecule has 8 aromatic rings. The van der Waals surface area contributed by atoms with Gasteiger partial charge in [-0.1, -0.05) is 287 Å². The first kappa shape index (κ1) is 55.2. The molecule has 0 aliphatic carbocycles. The van der Waals surface area contributed by atoms with Gasteiger partial charge < -0.3 is 4.74 Å². The first-order valence-electron chi connectivity index (χ1n) is 21.2. The van der Waals surface area contributed by atoms with E-state index in [1.54, 1.807) is 6.92 Å². The monoisotopic (exact) mass is 825 g/mol. The highest BCUT2D eigenvalue weighted by atomic mass is 16.5. The third kappa shape index (κ3) is 40.0. The lowest BCUT2D eigenvalue weighted by atomic mass is 10.2. The largest absolute Gasteiger partial charge is 0.466 e. The maximum atomic E-state index is 9.82. The van der Waals surface area contributed by atoms with Crippen molar-refractivity contribution in [3.8, 4) is 0 Å². The normalized spacial score (nSPS) is 8.61. The highest BCUT2D eigenvalue weighted by Crippen LogP contribution is 1.96. The Kier molecular flexibility index (Phi) is 35.3. The van der Waals surface area contributed by atoms with Crippen LogP contribution in [0.2, 0.25) is 0 Å². The molecule has 0 unspecified atom stereocenters. The van der Waals surface area contributed by atoms with Crippen LogP contribution in [0.4, 0.5) is 0 Å². The zero-order valence-electron chi connectivity index (χ0n) is 39.1. The Labute approximate surface area is 377 Å². The minimum Gasteiger partial charge on any atom is -0.466 e. The summed E-state index contributed by atoms with van der Waals surface area (Å²) in [5.74, 6) is -0.211. The number of hydrogen-bond acceptors (Lipinski definition) is 2. The predicted molar refractivity (Wildman–Crippen MR) is 272 cm³/mol. The maximum absolute atomic E-state index is 9.82. The first-order chi connectivity index (χ1) is 29.9. The zero-order chi connectivity index (χ0) is 45.9. The second-order valence-corrected chi connectivity index (χ2v) is 14.2. The fourth-order valence-electron chi connectivity index (χ4n) is 4.48. The van der Waals surface area contributed by atoms with Gasteiger partial charge in [-0.05, 0) is 62.3 Å². The van der Waals surface area contributed by atoms with Crippen LogP contribution in [0.15, 0.2) is 243 Å². The van der Waals surface area contributed by atoms with E-state index in [4.69, 9.17) is 0 Å². The molecule has 0 aromatic heterocycles. The van der Waals surface area contributed by atoms with Gasteiger partial charge >= 0.3 is 5.97 Å². The Bertz CT molecular complexity index is 1640. The van der Waals surface area contributed by atoms with Crippen molar-refractivity contribution < 1.29 is 9.53 Å². The summed E-state index contributed by atoms with van der Waals surface area (Å²) < 4.78 is 4.40. The van der Waals surface area contributed by atoms with Gasteiger partial charge in [0.2, 0.25) is 0 Å². The van der Waals surface area contributed by atoms with Crippen molar-refractivity contribution in [2.45, 2.75) is 69.2 Å². The van der Waals surface area contributed by atoms with Crippen molar-refractivity contribution in [3.05, 3.63) is 287 Å². The molecule has 62 heavy (non-hydrogen) atoms. The number of hydrogen-bond donors (Lipinski definition) is 0. The second-order valence-electron chi connectivity index (χ2n) is 14.2. The van der Waals surface area contributed by atoms with E-state index < -0.39 is 0 Å². The summed E-state index contributed by atoms with van der Waals surface area (Å²) in [5, 5.41) is 0. The molecule has 324 valence electrons. The molecule has 0 heterocycles. The van der Waals surface area contributed by atoms with Crippen molar-refractivity contribution in [3.63, 3.8) is 0 Å². The van der Waals surface area contributed by atoms with Crippen LogP contribution in [0, 0.1) is 55.4 Å². The standard InChI is InChI=1S/8C7H8.C4H8O2/c8*1-7-5-3-2-4-6-7;1-3-6-4(2)5/h8*2-6H,1H3;3H2,1-2H3. The van der Waals surface area contributed by atoms with Gasteiger partial charge in [-0.2, -0.15) is 0 Å². The van der Waals surface area contributed by atoms with E-state index in [-0.39, 0.29) is 5.97 Å². The number of carbonyl (C=O) groups excluding carboxylic acids is 1. The Morgan fingerprint density at radius 3 is 0.419 bits per heavy atom. The maximum Gasteiger partial charge on any atom is 0.302 e. The van der Waals surface area contributed by atoms with Crippen LogP contribution >= 0.6 is 0 Å². The zero-order valence-corrected chi connectivity index (χ0v) is 39.1. The summed E-state index contributed by atoms with van der Waals surface area (Å²) in [4.78, 5) is 9.82. The van der Waals surface area contributed by atoms with Gasteiger partial charge in [-0.15, -0.1) is 0 Å². The molecule has 0 aliphatic rings. The number of ether oxygens (including phenoxy) is 1. The molecule has 2 nitrogen and oxygen atoms in total. The number of carbonyl (C=O) groups is 1. The van der Waals surface area contributed by atoms with E-state index >= 15 is 0 Å². The minimum atomic E-state index is -0.211. The Morgan fingerprint density at radius 2 is 0.387 bits per heavy atom. The third-order valence-corrected chi connectivity index (χ3v) is 7.87. The molecular weight excluding hydrogens is 753 g/mol.